The van der Waals surface area contributed by atoms with Crippen molar-refractivity contribution in [3.05, 3.63) is 34.8 Å². The van der Waals surface area contributed by atoms with Gasteiger partial charge in [-0.25, -0.2) is 0 Å². The molecule has 0 atom stereocenters. The maximum Gasteiger partial charge on any atom is 0.258 e. The standard InChI is InChI=1S/C15H17N3OS2/c1-9(2)20-12-6-4-3-5-11(12)13(19)16-15-18-17-14(21-15)10-7-8-10/h3-6,9-10H,7-8H2,1-2H3,(H,16,18,19). The maximum atomic E-state index is 12.4. The van der Waals surface area contributed by atoms with Gasteiger partial charge in [-0.1, -0.05) is 37.3 Å². The first kappa shape index (κ1) is 14.5. The summed E-state index contributed by atoms with van der Waals surface area (Å²) < 4.78 is 0. The van der Waals surface area contributed by atoms with Gasteiger partial charge in [-0.2, -0.15) is 0 Å². The molecule has 0 aliphatic heterocycles. The second kappa shape index (κ2) is 6.15. The second-order valence-electron chi connectivity index (χ2n) is 5.34. The van der Waals surface area contributed by atoms with Gasteiger partial charge >= 0.3 is 0 Å². The quantitative estimate of drug-likeness (QED) is 0.840. The number of thioether (sulfide) groups is 1. The number of nitrogens with zero attached hydrogens (tertiary/aromatic N) is 2. The fourth-order valence-electron chi connectivity index (χ4n) is 1.96. The van der Waals surface area contributed by atoms with E-state index in [1.165, 1.54) is 24.2 Å². The van der Waals surface area contributed by atoms with E-state index < -0.39 is 0 Å². The molecule has 6 heteroatoms. The number of anilines is 1. The Hall–Kier alpha value is -1.40. The number of aromatic nitrogens is 2. The predicted octanol–water partition coefficient (Wildman–Crippen LogP) is 4.17. The smallest absolute Gasteiger partial charge is 0.258 e. The number of rotatable bonds is 5. The Morgan fingerprint density at radius 3 is 2.81 bits per heavy atom. The Balaban J connectivity index is 1.74. The molecule has 3 rings (SSSR count). The second-order valence-corrected chi connectivity index (χ2v) is 7.96. The van der Waals surface area contributed by atoms with Crippen LogP contribution in [-0.4, -0.2) is 21.4 Å². The molecule has 1 saturated carbocycles. The number of nitrogens with one attached hydrogen (secondary N) is 1. The lowest BCUT2D eigenvalue weighted by atomic mass is 10.2. The molecule has 1 aromatic heterocycles. The van der Waals surface area contributed by atoms with Crippen LogP contribution in [0.4, 0.5) is 5.13 Å². The highest BCUT2D eigenvalue weighted by Gasteiger charge is 2.27. The van der Waals surface area contributed by atoms with Crippen molar-refractivity contribution < 1.29 is 4.79 Å². The van der Waals surface area contributed by atoms with Gasteiger partial charge in [0.05, 0.1) is 5.56 Å². The zero-order chi connectivity index (χ0) is 14.8. The summed E-state index contributed by atoms with van der Waals surface area (Å²) in [5.74, 6) is 0.453. The number of amides is 1. The normalized spacial score (nSPS) is 14.4. The van der Waals surface area contributed by atoms with Crippen molar-refractivity contribution in [3.8, 4) is 0 Å². The van der Waals surface area contributed by atoms with Crippen molar-refractivity contribution in [1.29, 1.82) is 0 Å². The van der Waals surface area contributed by atoms with Crippen LogP contribution in [0, 0.1) is 0 Å². The summed E-state index contributed by atoms with van der Waals surface area (Å²) in [7, 11) is 0. The minimum absolute atomic E-state index is 0.114. The molecule has 1 N–H and O–H groups in total. The zero-order valence-electron chi connectivity index (χ0n) is 12.0. The number of hydrogen-bond acceptors (Lipinski definition) is 5. The summed E-state index contributed by atoms with van der Waals surface area (Å²) in [6.07, 6.45) is 2.38. The third-order valence-electron chi connectivity index (χ3n) is 3.08. The molecule has 1 aliphatic rings. The largest absolute Gasteiger partial charge is 0.296 e. The lowest BCUT2D eigenvalue weighted by molar-refractivity contribution is 0.102. The molecule has 0 radical (unpaired) electrons. The van der Waals surface area contributed by atoms with Crippen LogP contribution in [0.1, 0.15) is 48.0 Å². The Morgan fingerprint density at radius 2 is 2.10 bits per heavy atom. The van der Waals surface area contributed by atoms with Crippen LogP contribution in [0.25, 0.3) is 0 Å². The maximum absolute atomic E-state index is 12.4. The van der Waals surface area contributed by atoms with Gasteiger partial charge in [0.25, 0.3) is 5.91 Å². The van der Waals surface area contributed by atoms with E-state index in [2.05, 4.69) is 29.4 Å². The van der Waals surface area contributed by atoms with Gasteiger partial charge in [-0.15, -0.1) is 22.0 Å². The summed E-state index contributed by atoms with van der Waals surface area (Å²) in [4.78, 5) is 13.4. The Labute approximate surface area is 132 Å². The van der Waals surface area contributed by atoms with E-state index in [-0.39, 0.29) is 5.91 Å². The number of carbonyl (C=O) groups excluding carboxylic acids is 1. The van der Waals surface area contributed by atoms with Crippen LogP contribution in [0.15, 0.2) is 29.2 Å². The van der Waals surface area contributed by atoms with Crippen molar-refractivity contribution in [3.63, 3.8) is 0 Å². The lowest BCUT2D eigenvalue weighted by Gasteiger charge is -2.10. The average Bonchev–Trinajstić information content (AvgIpc) is 3.19. The molecule has 0 unspecified atom stereocenters. The molecule has 0 bridgehead atoms. The predicted molar refractivity (Wildman–Crippen MR) is 87.3 cm³/mol. The van der Waals surface area contributed by atoms with Gasteiger partial charge in [-0.3, -0.25) is 10.1 Å². The lowest BCUT2D eigenvalue weighted by Crippen LogP contribution is -2.13. The highest BCUT2D eigenvalue weighted by Crippen LogP contribution is 2.42. The third-order valence-corrected chi connectivity index (χ3v) is 5.16. The number of carbonyl (C=O) groups is 1. The van der Waals surface area contributed by atoms with Crippen LogP contribution >= 0.6 is 23.1 Å². The van der Waals surface area contributed by atoms with E-state index in [4.69, 9.17) is 0 Å². The SMILES string of the molecule is CC(C)Sc1ccccc1C(=O)Nc1nnc(C2CC2)s1. The molecule has 0 saturated heterocycles. The molecule has 2 aromatic rings. The topological polar surface area (TPSA) is 54.9 Å². The summed E-state index contributed by atoms with van der Waals surface area (Å²) in [6.45, 7) is 4.23. The molecule has 1 aliphatic carbocycles. The van der Waals surface area contributed by atoms with Gasteiger partial charge in [-0.05, 0) is 25.0 Å². The van der Waals surface area contributed by atoms with Crippen LogP contribution in [0.3, 0.4) is 0 Å². The Kier molecular flexibility index (Phi) is 4.26. The van der Waals surface area contributed by atoms with Crippen LogP contribution < -0.4 is 5.32 Å². The Morgan fingerprint density at radius 1 is 1.33 bits per heavy atom. The number of hydrogen-bond donors (Lipinski definition) is 1. The van der Waals surface area contributed by atoms with Crippen molar-refractivity contribution in [2.45, 2.75) is 42.8 Å². The number of benzene rings is 1. The van der Waals surface area contributed by atoms with Gasteiger partial charge in [0.1, 0.15) is 5.01 Å². The fourth-order valence-corrected chi connectivity index (χ4v) is 3.82. The summed E-state index contributed by atoms with van der Waals surface area (Å²) in [6, 6.07) is 7.67. The molecule has 1 fully saturated rings. The molecule has 0 spiro atoms. The first-order valence-electron chi connectivity index (χ1n) is 7.04. The van der Waals surface area contributed by atoms with Crippen molar-refractivity contribution in [2.75, 3.05) is 5.32 Å². The molecule has 1 aromatic carbocycles. The monoisotopic (exact) mass is 319 g/mol. The molecule has 1 heterocycles. The van der Waals surface area contributed by atoms with Crippen molar-refractivity contribution in [2.24, 2.45) is 0 Å². The zero-order valence-corrected chi connectivity index (χ0v) is 13.6. The summed E-state index contributed by atoms with van der Waals surface area (Å²) >= 11 is 3.18. The van der Waals surface area contributed by atoms with Gasteiger partial charge in [0, 0.05) is 16.1 Å². The van der Waals surface area contributed by atoms with E-state index in [1.54, 1.807) is 11.8 Å². The minimum atomic E-state index is -0.114. The first-order chi connectivity index (χ1) is 10.1. The molecule has 110 valence electrons. The van der Waals surface area contributed by atoms with E-state index in [0.29, 0.717) is 21.9 Å². The third kappa shape index (κ3) is 3.63. The van der Waals surface area contributed by atoms with Crippen LogP contribution in [-0.2, 0) is 0 Å². The molecule has 21 heavy (non-hydrogen) atoms. The molecular formula is C15H17N3OS2. The molecular weight excluding hydrogens is 302 g/mol. The first-order valence-corrected chi connectivity index (χ1v) is 8.73. The highest BCUT2D eigenvalue weighted by atomic mass is 32.2. The summed E-state index contributed by atoms with van der Waals surface area (Å²) in [5.41, 5.74) is 0.694. The Bertz CT molecular complexity index is 650. The van der Waals surface area contributed by atoms with E-state index >= 15 is 0 Å². The van der Waals surface area contributed by atoms with E-state index in [9.17, 15) is 4.79 Å². The average molecular weight is 319 g/mol. The van der Waals surface area contributed by atoms with E-state index in [1.807, 2.05) is 24.3 Å². The molecule has 4 nitrogen and oxygen atoms in total. The van der Waals surface area contributed by atoms with Crippen LogP contribution in [0.5, 0.6) is 0 Å². The fraction of sp³-hybridized carbons (Fsp3) is 0.400. The van der Waals surface area contributed by atoms with Crippen LogP contribution in [0.2, 0.25) is 0 Å². The van der Waals surface area contributed by atoms with Gasteiger partial charge in [0.15, 0.2) is 0 Å². The van der Waals surface area contributed by atoms with Gasteiger partial charge < -0.3 is 0 Å². The van der Waals surface area contributed by atoms with Gasteiger partial charge in [0.2, 0.25) is 5.13 Å². The summed E-state index contributed by atoms with van der Waals surface area (Å²) in [5, 5.41) is 13.1. The molecule has 1 amide bonds. The highest BCUT2D eigenvalue weighted by molar-refractivity contribution is 8.00. The van der Waals surface area contributed by atoms with E-state index in [0.717, 1.165) is 9.90 Å². The van der Waals surface area contributed by atoms with Crippen molar-refractivity contribution >= 4 is 34.1 Å². The minimum Gasteiger partial charge on any atom is -0.296 e. The van der Waals surface area contributed by atoms with Crippen molar-refractivity contribution in [1.82, 2.24) is 10.2 Å².